The number of H-pyrrole nitrogens is 1. The summed E-state index contributed by atoms with van der Waals surface area (Å²) in [6.45, 7) is 7.03. The van der Waals surface area contributed by atoms with Crippen LogP contribution in [-0.2, 0) is 24.2 Å². The van der Waals surface area contributed by atoms with Gasteiger partial charge in [-0.1, -0.05) is 36.4 Å². The van der Waals surface area contributed by atoms with Crippen LogP contribution in [0.25, 0.3) is 10.9 Å². The average molecular weight is 471 g/mol. The van der Waals surface area contributed by atoms with Crippen LogP contribution in [0.2, 0.25) is 0 Å². The normalized spacial score (nSPS) is 19.2. The molecule has 8 nitrogen and oxygen atoms in total. The minimum Gasteiger partial charge on any atom is -0.376 e. The topological polar surface area (TPSA) is 88.9 Å². The maximum Gasteiger partial charge on any atom is 0.253 e. The monoisotopic (exact) mass is 470 g/mol. The number of fused-ring (bicyclic) bond motifs is 2. The van der Waals surface area contributed by atoms with E-state index in [0.717, 1.165) is 61.0 Å². The van der Waals surface area contributed by atoms with Gasteiger partial charge in [-0.25, -0.2) is 4.68 Å². The van der Waals surface area contributed by atoms with Crippen LogP contribution in [0, 0.1) is 13.8 Å². The predicted molar refractivity (Wildman–Crippen MR) is 133 cm³/mol. The molecular formula is C27H30N6O2. The molecule has 8 heteroatoms. The van der Waals surface area contributed by atoms with Gasteiger partial charge in [0.1, 0.15) is 6.04 Å². The van der Waals surface area contributed by atoms with E-state index >= 15 is 0 Å². The molecule has 2 aromatic heterocycles. The Morgan fingerprint density at radius 3 is 2.86 bits per heavy atom. The summed E-state index contributed by atoms with van der Waals surface area (Å²) in [6, 6.07) is 14.4. The number of aryl methyl sites for hydroxylation is 2. The van der Waals surface area contributed by atoms with Gasteiger partial charge in [0.25, 0.3) is 5.56 Å². The molecule has 180 valence electrons. The van der Waals surface area contributed by atoms with Crippen molar-refractivity contribution in [2.45, 2.75) is 58.3 Å². The van der Waals surface area contributed by atoms with Gasteiger partial charge in [-0.3, -0.25) is 9.69 Å². The van der Waals surface area contributed by atoms with E-state index in [1.54, 1.807) is 0 Å². The molecule has 35 heavy (non-hydrogen) atoms. The number of ether oxygens (including phenoxy) is 1. The lowest BCUT2D eigenvalue weighted by Gasteiger charge is -2.35. The van der Waals surface area contributed by atoms with Gasteiger partial charge in [-0.15, -0.1) is 5.10 Å². The first-order valence-corrected chi connectivity index (χ1v) is 12.4. The smallest absolute Gasteiger partial charge is 0.253 e. The fourth-order valence-electron chi connectivity index (χ4n) is 5.50. The van der Waals surface area contributed by atoms with Crippen molar-refractivity contribution in [1.29, 1.82) is 0 Å². The van der Waals surface area contributed by atoms with Crippen molar-refractivity contribution in [2.75, 3.05) is 13.2 Å². The standard InChI is InChI=1S/C27H30N6O2/c1-17-9-10-20-14-23(27(34)28-24(20)18(17)2)25(32-12-11-19-6-3-4-7-21(19)15-32)26-29-30-31-33(26)16-22-8-5-13-35-22/h3-4,6-7,9-10,14,22,25H,5,8,11-13,15-16H2,1-2H3,(H,28,34). The third-order valence-electron chi connectivity index (χ3n) is 7.60. The van der Waals surface area contributed by atoms with Gasteiger partial charge in [-0.05, 0) is 77.2 Å². The summed E-state index contributed by atoms with van der Waals surface area (Å²) in [6.07, 6.45) is 3.07. The molecule has 2 unspecified atom stereocenters. The van der Waals surface area contributed by atoms with Crippen molar-refractivity contribution in [3.8, 4) is 0 Å². The van der Waals surface area contributed by atoms with Gasteiger partial charge < -0.3 is 9.72 Å². The lowest BCUT2D eigenvalue weighted by atomic mass is 9.95. The van der Waals surface area contributed by atoms with Crippen LogP contribution in [0.3, 0.4) is 0 Å². The summed E-state index contributed by atoms with van der Waals surface area (Å²) in [5, 5.41) is 13.8. The predicted octanol–water partition coefficient (Wildman–Crippen LogP) is 3.46. The van der Waals surface area contributed by atoms with E-state index in [1.807, 2.05) is 10.7 Å². The molecule has 2 aliphatic rings. The summed E-state index contributed by atoms with van der Waals surface area (Å²) in [5.74, 6) is 0.688. The third kappa shape index (κ3) is 4.06. The lowest BCUT2D eigenvalue weighted by Crippen LogP contribution is -2.39. The van der Waals surface area contributed by atoms with Crippen molar-refractivity contribution >= 4 is 10.9 Å². The van der Waals surface area contributed by atoms with E-state index in [2.05, 4.69) is 75.7 Å². The second kappa shape index (κ2) is 9.02. The fourth-order valence-corrected chi connectivity index (χ4v) is 5.50. The molecule has 0 spiro atoms. The zero-order valence-corrected chi connectivity index (χ0v) is 20.2. The van der Waals surface area contributed by atoms with Crippen LogP contribution >= 0.6 is 0 Å². The summed E-state index contributed by atoms with van der Waals surface area (Å²) in [7, 11) is 0. The fraction of sp³-hybridized carbons (Fsp3) is 0.407. The van der Waals surface area contributed by atoms with Gasteiger partial charge in [0.15, 0.2) is 5.82 Å². The van der Waals surface area contributed by atoms with Crippen LogP contribution in [0.1, 0.15) is 52.5 Å². The van der Waals surface area contributed by atoms with Crippen molar-refractivity contribution in [2.24, 2.45) is 0 Å². The Labute approximate surface area is 203 Å². The van der Waals surface area contributed by atoms with Gasteiger partial charge in [0.2, 0.25) is 0 Å². The number of benzene rings is 2. The number of tetrazole rings is 1. The van der Waals surface area contributed by atoms with Crippen molar-refractivity contribution in [3.63, 3.8) is 0 Å². The zero-order valence-electron chi connectivity index (χ0n) is 20.2. The number of hydrogen-bond donors (Lipinski definition) is 1. The maximum atomic E-state index is 13.6. The van der Waals surface area contributed by atoms with E-state index in [-0.39, 0.29) is 17.7 Å². The highest BCUT2D eigenvalue weighted by atomic mass is 16.5. The van der Waals surface area contributed by atoms with E-state index in [9.17, 15) is 4.79 Å². The summed E-state index contributed by atoms with van der Waals surface area (Å²) in [5.41, 5.74) is 6.36. The van der Waals surface area contributed by atoms with Crippen molar-refractivity contribution < 1.29 is 4.74 Å². The molecular weight excluding hydrogens is 440 g/mol. The Morgan fingerprint density at radius 1 is 1.17 bits per heavy atom. The number of pyridine rings is 1. The Balaban J connectivity index is 1.47. The SMILES string of the molecule is Cc1ccc2cc(C(c3nnnn3CC3CCCO3)N3CCc4ccccc4C3)c(=O)[nH]c2c1C. The second-order valence-corrected chi connectivity index (χ2v) is 9.77. The highest BCUT2D eigenvalue weighted by Gasteiger charge is 2.33. The molecule has 4 aromatic rings. The number of nitrogens with zero attached hydrogens (tertiary/aromatic N) is 5. The molecule has 0 radical (unpaired) electrons. The first kappa shape index (κ1) is 22.1. The number of rotatable bonds is 5. The molecule has 1 fully saturated rings. The van der Waals surface area contributed by atoms with E-state index in [1.165, 1.54) is 11.1 Å². The minimum atomic E-state index is -0.366. The Bertz CT molecular complexity index is 1440. The second-order valence-electron chi connectivity index (χ2n) is 9.77. The number of nitrogens with one attached hydrogen (secondary N) is 1. The minimum absolute atomic E-state index is 0.0956. The molecule has 4 heterocycles. The summed E-state index contributed by atoms with van der Waals surface area (Å²) >= 11 is 0. The summed E-state index contributed by atoms with van der Waals surface area (Å²) in [4.78, 5) is 19.1. The van der Waals surface area contributed by atoms with Crippen LogP contribution in [0.15, 0.2) is 47.3 Å². The number of aromatic nitrogens is 5. The van der Waals surface area contributed by atoms with Crippen LogP contribution < -0.4 is 5.56 Å². The molecule has 2 aliphatic heterocycles. The maximum absolute atomic E-state index is 13.6. The third-order valence-corrected chi connectivity index (χ3v) is 7.60. The molecule has 2 atom stereocenters. The van der Waals surface area contributed by atoms with Crippen molar-refractivity contribution in [3.05, 3.63) is 86.5 Å². The largest absolute Gasteiger partial charge is 0.376 e. The highest BCUT2D eigenvalue weighted by Crippen LogP contribution is 2.32. The summed E-state index contributed by atoms with van der Waals surface area (Å²) < 4.78 is 7.71. The van der Waals surface area contributed by atoms with Crippen LogP contribution in [-0.4, -0.2) is 49.3 Å². The molecule has 0 bridgehead atoms. The Kier molecular flexibility index (Phi) is 5.70. The van der Waals surface area contributed by atoms with Gasteiger partial charge in [0.05, 0.1) is 18.2 Å². The van der Waals surface area contributed by atoms with Gasteiger partial charge in [-0.2, -0.15) is 0 Å². The number of aromatic amines is 1. The number of hydrogen-bond acceptors (Lipinski definition) is 6. The molecule has 1 saturated heterocycles. The van der Waals surface area contributed by atoms with E-state index in [0.29, 0.717) is 17.9 Å². The van der Waals surface area contributed by atoms with E-state index < -0.39 is 0 Å². The molecule has 6 rings (SSSR count). The first-order valence-electron chi connectivity index (χ1n) is 12.4. The van der Waals surface area contributed by atoms with Gasteiger partial charge in [0, 0.05) is 25.3 Å². The zero-order chi connectivity index (χ0) is 23.9. The first-order chi connectivity index (χ1) is 17.1. The average Bonchev–Trinajstić information content (AvgIpc) is 3.55. The van der Waals surface area contributed by atoms with Crippen LogP contribution in [0.4, 0.5) is 0 Å². The lowest BCUT2D eigenvalue weighted by molar-refractivity contribution is 0.0904. The molecule has 0 amide bonds. The van der Waals surface area contributed by atoms with Gasteiger partial charge >= 0.3 is 0 Å². The molecule has 2 aromatic carbocycles. The van der Waals surface area contributed by atoms with Crippen LogP contribution in [0.5, 0.6) is 0 Å². The van der Waals surface area contributed by atoms with Crippen molar-refractivity contribution in [1.82, 2.24) is 30.1 Å². The quantitative estimate of drug-likeness (QED) is 0.481. The molecule has 1 N–H and O–H groups in total. The Morgan fingerprint density at radius 2 is 2.03 bits per heavy atom. The Hall–Kier alpha value is -3.36. The highest BCUT2D eigenvalue weighted by molar-refractivity contribution is 5.83. The molecule has 0 saturated carbocycles. The van der Waals surface area contributed by atoms with E-state index in [4.69, 9.17) is 4.74 Å². The molecule has 0 aliphatic carbocycles.